The molecule has 0 unspecified atom stereocenters. The summed E-state index contributed by atoms with van der Waals surface area (Å²) in [7, 11) is 0. The number of aliphatic hydroxyl groups is 1. The predicted octanol–water partition coefficient (Wildman–Crippen LogP) is 1.76. The molecular formula is C12H19NO. The molecule has 2 N–H and O–H groups in total. The lowest BCUT2D eigenvalue weighted by atomic mass is 10.0. The van der Waals surface area contributed by atoms with E-state index in [-0.39, 0.29) is 12.6 Å². The van der Waals surface area contributed by atoms with Crippen molar-refractivity contribution in [3.63, 3.8) is 0 Å². The second-order valence-corrected chi connectivity index (χ2v) is 3.80. The molecule has 0 aliphatic rings. The van der Waals surface area contributed by atoms with Gasteiger partial charge in [-0.2, -0.15) is 0 Å². The van der Waals surface area contributed by atoms with Crippen molar-refractivity contribution < 1.29 is 5.11 Å². The first kappa shape index (κ1) is 11.2. The van der Waals surface area contributed by atoms with Crippen LogP contribution < -0.4 is 5.32 Å². The van der Waals surface area contributed by atoms with Gasteiger partial charge in [0, 0.05) is 12.6 Å². The van der Waals surface area contributed by atoms with Gasteiger partial charge < -0.3 is 10.4 Å². The molecule has 0 aromatic heterocycles. The van der Waals surface area contributed by atoms with E-state index in [1.807, 2.05) is 13.0 Å². The highest BCUT2D eigenvalue weighted by molar-refractivity contribution is 5.18. The third-order valence-electron chi connectivity index (χ3n) is 2.41. The van der Waals surface area contributed by atoms with E-state index in [4.69, 9.17) is 5.11 Å². The highest BCUT2D eigenvalue weighted by atomic mass is 16.3. The normalized spacial score (nSPS) is 15.1. The maximum Gasteiger partial charge on any atom is 0.0581 e. The lowest BCUT2D eigenvalue weighted by Gasteiger charge is -2.16. The Hall–Kier alpha value is -0.860. The van der Waals surface area contributed by atoms with Gasteiger partial charge in [-0.15, -0.1) is 0 Å². The molecule has 0 amide bonds. The summed E-state index contributed by atoms with van der Waals surface area (Å²) < 4.78 is 0. The Morgan fingerprint density at radius 3 is 2.43 bits per heavy atom. The van der Waals surface area contributed by atoms with Gasteiger partial charge in [-0.25, -0.2) is 0 Å². The fourth-order valence-corrected chi connectivity index (χ4v) is 1.34. The Balaban J connectivity index is 2.39. The van der Waals surface area contributed by atoms with Crippen molar-refractivity contribution in [3.8, 4) is 0 Å². The van der Waals surface area contributed by atoms with Crippen LogP contribution in [0.3, 0.4) is 0 Å². The molecule has 0 fully saturated rings. The zero-order chi connectivity index (χ0) is 10.4. The molecule has 0 saturated heterocycles. The van der Waals surface area contributed by atoms with Crippen molar-refractivity contribution >= 4 is 0 Å². The van der Waals surface area contributed by atoms with Crippen LogP contribution in [0.2, 0.25) is 0 Å². The number of rotatable bonds is 5. The first-order valence-corrected chi connectivity index (χ1v) is 5.13. The van der Waals surface area contributed by atoms with Crippen molar-refractivity contribution in [2.24, 2.45) is 0 Å². The Morgan fingerprint density at radius 1 is 1.21 bits per heavy atom. The van der Waals surface area contributed by atoms with E-state index in [2.05, 4.69) is 36.5 Å². The van der Waals surface area contributed by atoms with Crippen LogP contribution in [0.25, 0.3) is 0 Å². The lowest BCUT2D eigenvalue weighted by Crippen LogP contribution is -2.32. The van der Waals surface area contributed by atoms with Crippen LogP contribution in [-0.2, 0) is 0 Å². The average molecular weight is 193 g/mol. The number of nitrogens with one attached hydrogen (secondary N) is 1. The molecule has 1 aromatic carbocycles. The quantitative estimate of drug-likeness (QED) is 0.747. The molecule has 0 heterocycles. The molecule has 2 atom stereocenters. The van der Waals surface area contributed by atoms with E-state index in [1.54, 1.807) is 0 Å². The number of hydrogen-bond acceptors (Lipinski definition) is 2. The molecular weight excluding hydrogens is 174 g/mol. The molecule has 0 aliphatic carbocycles. The highest BCUT2D eigenvalue weighted by Gasteiger charge is 2.05. The zero-order valence-corrected chi connectivity index (χ0v) is 8.90. The Kier molecular flexibility index (Phi) is 4.63. The Bertz CT molecular complexity index is 248. The minimum Gasteiger partial charge on any atom is -0.395 e. The monoisotopic (exact) mass is 193 g/mol. The van der Waals surface area contributed by atoms with E-state index >= 15 is 0 Å². The maximum atomic E-state index is 8.86. The summed E-state index contributed by atoms with van der Waals surface area (Å²) in [6.45, 7) is 5.28. The molecule has 0 radical (unpaired) electrons. The molecule has 0 spiro atoms. The largest absolute Gasteiger partial charge is 0.395 e. The third kappa shape index (κ3) is 3.48. The van der Waals surface area contributed by atoms with Gasteiger partial charge in [-0.1, -0.05) is 37.3 Å². The smallest absolute Gasteiger partial charge is 0.0581 e. The van der Waals surface area contributed by atoms with E-state index < -0.39 is 0 Å². The van der Waals surface area contributed by atoms with Crippen LogP contribution in [-0.4, -0.2) is 24.3 Å². The second-order valence-electron chi connectivity index (χ2n) is 3.80. The van der Waals surface area contributed by atoms with Gasteiger partial charge in [0.05, 0.1) is 6.61 Å². The Labute approximate surface area is 86.0 Å². The second kappa shape index (κ2) is 5.78. The van der Waals surface area contributed by atoms with E-state index in [9.17, 15) is 0 Å². The van der Waals surface area contributed by atoms with Crippen LogP contribution in [0.15, 0.2) is 30.3 Å². The fourth-order valence-electron chi connectivity index (χ4n) is 1.34. The summed E-state index contributed by atoms with van der Waals surface area (Å²) in [5.74, 6) is 0.491. The maximum absolute atomic E-state index is 8.86. The standard InChI is InChI=1S/C12H19NO/c1-10(8-13-11(2)9-14)12-6-4-3-5-7-12/h3-7,10-11,13-14H,8-9H2,1-2H3/t10-,11-/m1/s1. The van der Waals surface area contributed by atoms with Crippen LogP contribution >= 0.6 is 0 Å². The summed E-state index contributed by atoms with van der Waals surface area (Å²) in [6.07, 6.45) is 0. The van der Waals surface area contributed by atoms with Crippen molar-refractivity contribution in [1.82, 2.24) is 5.32 Å². The molecule has 2 nitrogen and oxygen atoms in total. The summed E-state index contributed by atoms with van der Waals surface area (Å²) in [6, 6.07) is 10.6. The number of hydrogen-bond donors (Lipinski definition) is 2. The van der Waals surface area contributed by atoms with Gasteiger partial charge in [-0.05, 0) is 18.4 Å². The molecule has 1 aromatic rings. The average Bonchev–Trinajstić information content (AvgIpc) is 2.26. The van der Waals surface area contributed by atoms with Crippen LogP contribution in [0, 0.1) is 0 Å². The van der Waals surface area contributed by atoms with Gasteiger partial charge in [0.25, 0.3) is 0 Å². The van der Waals surface area contributed by atoms with E-state index in [0.717, 1.165) is 6.54 Å². The molecule has 14 heavy (non-hydrogen) atoms. The van der Waals surface area contributed by atoms with E-state index in [0.29, 0.717) is 5.92 Å². The molecule has 0 saturated carbocycles. The van der Waals surface area contributed by atoms with Crippen molar-refractivity contribution in [2.75, 3.05) is 13.2 Å². The number of benzene rings is 1. The van der Waals surface area contributed by atoms with Crippen LogP contribution in [0.1, 0.15) is 25.3 Å². The summed E-state index contributed by atoms with van der Waals surface area (Å²) in [4.78, 5) is 0. The van der Waals surface area contributed by atoms with Gasteiger partial charge in [-0.3, -0.25) is 0 Å². The van der Waals surface area contributed by atoms with Crippen molar-refractivity contribution in [3.05, 3.63) is 35.9 Å². The van der Waals surface area contributed by atoms with Crippen molar-refractivity contribution in [2.45, 2.75) is 25.8 Å². The first-order valence-electron chi connectivity index (χ1n) is 5.13. The third-order valence-corrected chi connectivity index (χ3v) is 2.41. The predicted molar refractivity (Wildman–Crippen MR) is 59.4 cm³/mol. The minimum absolute atomic E-state index is 0.182. The Morgan fingerprint density at radius 2 is 1.86 bits per heavy atom. The first-order chi connectivity index (χ1) is 6.74. The molecule has 0 bridgehead atoms. The zero-order valence-electron chi connectivity index (χ0n) is 8.90. The molecule has 2 heteroatoms. The minimum atomic E-state index is 0.182. The lowest BCUT2D eigenvalue weighted by molar-refractivity contribution is 0.250. The SMILES string of the molecule is C[C@H](CO)NC[C@@H](C)c1ccccc1. The number of aliphatic hydroxyl groups excluding tert-OH is 1. The molecule has 78 valence electrons. The van der Waals surface area contributed by atoms with Gasteiger partial charge >= 0.3 is 0 Å². The summed E-state index contributed by atoms with van der Waals surface area (Å²) in [5.41, 5.74) is 1.34. The fraction of sp³-hybridized carbons (Fsp3) is 0.500. The van der Waals surface area contributed by atoms with Crippen molar-refractivity contribution in [1.29, 1.82) is 0 Å². The molecule has 1 rings (SSSR count). The van der Waals surface area contributed by atoms with E-state index in [1.165, 1.54) is 5.56 Å². The van der Waals surface area contributed by atoms with Crippen LogP contribution in [0.5, 0.6) is 0 Å². The molecule has 0 aliphatic heterocycles. The highest BCUT2D eigenvalue weighted by Crippen LogP contribution is 2.12. The summed E-state index contributed by atoms with van der Waals surface area (Å²) in [5, 5.41) is 12.1. The van der Waals surface area contributed by atoms with Gasteiger partial charge in [0.15, 0.2) is 0 Å². The topological polar surface area (TPSA) is 32.3 Å². The van der Waals surface area contributed by atoms with Gasteiger partial charge in [0.1, 0.15) is 0 Å². The van der Waals surface area contributed by atoms with Crippen LogP contribution in [0.4, 0.5) is 0 Å². The summed E-state index contributed by atoms with van der Waals surface area (Å²) >= 11 is 0. The van der Waals surface area contributed by atoms with Gasteiger partial charge in [0.2, 0.25) is 0 Å².